The zero-order chi connectivity index (χ0) is 23.2. The molecule has 0 saturated carbocycles. The number of benzene rings is 2. The number of hydrogen-bond donors (Lipinski definition) is 3. The van der Waals surface area contributed by atoms with Gasteiger partial charge in [0.25, 0.3) is 11.8 Å². The number of fused-ring (bicyclic) bond motifs is 1. The van der Waals surface area contributed by atoms with E-state index in [1.54, 1.807) is 42.5 Å². The Hall–Kier alpha value is -4.53. The molecule has 168 valence electrons. The Morgan fingerprint density at radius 2 is 1.79 bits per heavy atom. The number of carboxylic acids is 1. The molecule has 1 aliphatic rings. The molecule has 1 aromatic heterocycles. The number of rotatable bonds is 8. The van der Waals surface area contributed by atoms with Crippen molar-refractivity contribution >= 4 is 23.9 Å². The van der Waals surface area contributed by atoms with Crippen LogP contribution < -0.4 is 20.1 Å². The van der Waals surface area contributed by atoms with Crippen molar-refractivity contribution in [2.75, 3.05) is 6.79 Å². The highest BCUT2D eigenvalue weighted by Crippen LogP contribution is 2.33. The lowest BCUT2D eigenvalue weighted by Gasteiger charge is -2.16. The van der Waals surface area contributed by atoms with Gasteiger partial charge < -0.3 is 29.6 Å². The summed E-state index contributed by atoms with van der Waals surface area (Å²) in [5.74, 6) is -1.57. The Labute approximate surface area is 188 Å². The lowest BCUT2D eigenvalue weighted by atomic mass is 10.1. The third kappa shape index (κ3) is 5.40. The molecule has 0 aliphatic carbocycles. The number of amides is 2. The molecule has 4 rings (SSSR count). The zero-order valence-corrected chi connectivity index (χ0v) is 17.3. The first-order chi connectivity index (χ1) is 16.0. The van der Waals surface area contributed by atoms with Gasteiger partial charge in [-0.15, -0.1) is 0 Å². The van der Waals surface area contributed by atoms with E-state index in [4.69, 9.17) is 13.9 Å². The van der Waals surface area contributed by atoms with Gasteiger partial charge in [-0.1, -0.05) is 36.4 Å². The van der Waals surface area contributed by atoms with Crippen molar-refractivity contribution in [3.05, 3.63) is 89.5 Å². The maximum atomic E-state index is 13.0. The number of ether oxygens (including phenoxy) is 2. The van der Waals surface area contributed by atoms with Crippen LogP contribution in [0.15, 0.2) is 77.0 Å². The number of carboxylic acid groups (broad SMARTS) is 1. The Bertz CT molecular complexity index is 1190. The van der Waals surface area contributed by atoms with E-state index >= 15 is 0 Å². The number of furan rings is 1. The second-order valence-corrected chi connectivity index (χ2v) is 7.16. The highest BCUT2D eigenvalue weighted by atomic mass is 16.7. The predicted octanol–water partition coefficient (Wildman–Crippen LogP) is 2.59. The van der Waals surface area contributed by atoms with E-state index in [2.05, 4.69) is 10.6 Å². The highest BCUT2D eigenvalue weighted by Gasteiger charge is 2.24. The Balaban J connectivity index is 1.59. The molecule has 33 heavy (non-hydrogen) atoms. The Kier molecular flexibility index (Phi) is 6.40. The van der Waals surface area contributed by atoms with E-state index in [1.165, 1.54) is 24.5 Å². The average molecular weight is 448 g/mol. The quantitative estimate of drug-likeness (QED) is 0.452. The second-order valence-electron chi connectivity index (χ2n) is 7.16. The molecule has 9 heteroatoms. The van der Waals surface area contributed by atoms with Crippen LogP contribution in [0.3, 0.4) is 0 Å². The van der Waals surface area contributed by atoms with Crippen molar-refractivity contribution in [1.82, 2.24) is 10.6 Å². The molecule has 2 amide bonds. The lowest BCUT2D eigenvalue weighted by molar-refractivity contribution is -0.141. The van der Waals surface area contributed by atoms with E-state index in [0.717, 1.165) is 5.56 Å². The topological polar surface area (TPSA) is 127 Å². The summed E-state index contributed by atoms with van der Waals surface area (Å²) in [5, 5.41) is 14.6. The SMILES string of the molecule is O=C(N[C@@H](Cc1ccccc1)C(=O)O)/C(=C\c1ccc2c(c1)OCO2)NC(=O)c1ccco1. The fourth-order valence-corrected chi connectivity index (χ4v) is 3.21. The summed E-state index contributed by atoms with van der Waals surface area (Å²) in [6.07, 6.45) is 2.82. The molecule has 0 radical (unpaired) electrons. The molecular formula is C24H20N2O7. The normalized spacial score (nSPS) is 13.3. The fourth-order valence-electron chi connectivity index (χ4n) is 3.21. The molecule has 3 N–H and O–H groups in total. The average Bonchev–Trinajstić information content (AvgIpc) is 3.50. The van der Waals surface area contributed by atoms with Crippen LogP contribution in [0.25, 0.3) is 6.08 Å². The van der Waals surface area contributed by atoms with Crippen molar-refractivity contribution in [2.24, 2.45) is 0 Å². The molecule has 0 bridgehead atoms. The lowest BCUT2D eigenvalue weighted by Crippen LogP contribution is -2.45. The van der Waals surface area contributed by atoms with Crippen molar-refractivity contribution in [1.29, 1.82) is 0 Å². The molecule has 0 unspecified atom stereocenters. The molecule has 0 spiro atoms. The monoisotopic (exact) mass is 448 g/mol. The van der Waals surface area contributed by atoms with Crippen molar-refractivity contribution in [3.8, 4) is 11.5 Å². The third-order valence-corrected chi connectivity index (χ3v) is 4.83. The van der Waals surface area contributed by atoms with Crippen LogP contribution in [-0.4, -0.2) is 35.7 Å². The first-order valence-electron chi connectivity index (χ1n) is 10.0. The maximum absolute atomic E-state index is 13.0. The van der Waals surface area contributed by atoms with Crippen molar-refractivity contribution < 1.29 is 33.4 Å². The van der Waals surface area contributed by atoms with E-state index in [0.29, 0.717) is 17.1 Å². The van der Waals surface area contributed by atoms with Gasteiger partial charge in [0.1, 0.15) is 11.7 Å². The van der Waals surface area contributed by atoms with Gasteiger partial charge >= 0.3 is 5.97 Å². The summed E-state index contributed by atoms with van der Waals surface area (Å²) in [6.45, 7) is 0.0881. The summed E-state index contributed by atoms with van der Waals surface area (Å²) in [6, 6.07) is 15.7. The van der Waals surface area contributed by atoms with E-state index in [9.17, 15) is 19.5 Å². The Morgan fingerprint density at radius 3 is 2.52 bits per heavy atom. The Morgan fingerprint density at radius 1 is 1.00 bits per heavy atom. The van der Waals surface area contributed by atoms with Crippen LogP contribution in [0.2, 0.25) is 0 Å². The van der Waals surface area contributed by atoms with Crippen LogP contribution >= 0.6 is 0 Å². The molecule has 0 fully saturated rings. The minimum absolute atomic E-state index is 0.00143. The molecule has 1 atom stereocenters. The number of nitrogens with one attached hydrogen (secondary N) is 2. The number of hydrogen-bond acceptors (Lipinski definition) is 6. The van der Waals surface area contributed by atoms with Crippen LogP contribution in [0.5, 0.6) is 11.5 Å². The van der Waals surface area contributed by atoms with E-state index < -0.39 is 23.8 Å². The number of carbonyl (C=O) groups excluding carboxylic acids is 2. The predicted molar refractivity (Wildman–Crippen MR) is 116 cm³/mol. The maximum Gasteiger partial charge on any atom is 0.326 e. The van der Waals surface area contributed by atoms with E-state index in [1.807, 2.05) is 6.07 Å². The summed E-state index contributed by atoms with van der Waals surface area (Å²) in [7, 11) is 0. The first kappa shape index (κ1) is 21.7. The van der Waals surface area contributed by atoms with Crippen LogP contribution in [0.1, 0.15) is 21.7 Å². The summed E-state index contributed by atoms with van der Waals surface area (Å²) >= 11 is 0. The number of carbonyl (C=O) groups is 3. The van der Waals surface area contributed by atoms with Gasteiger partial charge in [0.15, 0.2) is 17.3 Å². The molecule has 0 saturated heterocycles. The minimum Gasteiger partial charge on any atom is -0.480 e. The van der Waals surface area contributed by atoms with Gasteiger partial charge in [0.2, 0.25) is 6.79 Å². The van der Waals surface area contributed by atoms with Crippen LogP contribution in [-0.2, 0) is 16.0 Å². The second kappa shape index (κ2) is 9.73. The molecule has 3 aromatic rings. The van der Waals surface area contributed by atoms with E-state index in [-0.39, 0.29) is 24.7 Å². The van der Waals surface area contributed by atoms with Gasteiger partial charge in [-0.2, -0.15) is 0 Å². The largest absolute Gasteiger partial charge is 0.480 e. The summed E-state index contributed by atoms with van der Waals surface area (Å²) < 4.78 is 15.7. The minimum atomic E-state index is -1.21. The molecule has 2 heterocycles. The molecule has 2 aromatic carbocycles. The third-order valence-electron chi connectivity index (χ3n) is 4.83. The fraction of sp³-hybridized carbons (Fsp3) is 0.125. The van der Waals surface area contributed by atoms with Gasteiger partial charge in [-0.25, -0.2) is 4.79 Å². The summed E-state index contributed by atoms with van der Waals surface area (Å²) in [5.41, 5.74) is 1.12. The van der Waals surface area contributed by atoms with Gasteiger partial charge in [0.05, 0.1) is 6.26 Å². The number of aliphatic carboxylic acids is 1. The van der Waals surface area contributed by atoms with Gasteiger partial charge in [-0.05, 0) is 41.5 Å². The summed E-state index contributed by atoms with van der Waals surface area (Å²) in [4.78, 5) is 37.4. The molecule has 1 aliphatic heterocycles. The van der Waals surface area contributed by atoms with Crippen molar-refractivity contribution in [2.45, 2.75) is 12.5 Å². The zero-order valence-electron chi connectivity index (χ0n) is 17.3. The smallest absolute Gasteiger partial charge is 0.326 e. The van der Waals surface area contributed by atoms with Crippen molar-refractivity contribution in [3.63, 3.8) is 0 Å². The van der Waals surface area contributed by atoms with Gasteiger partial charge in [0, 0.05) is 6.42 Å². The molecule has 9 nitrogen and oxygen atoms in total. The standard InChI is InChI=1S/C24H20N2O7/c27-22(26-18(24(29)30)11-15-5-2-1-3-6-15)17(25-23(28)20-7-4-10-31-20)12-16-8-9-19-21(13-16)33-14-32-19/h1-10,12-13,18H,11,14H2,(H,25,28)(H,26,27)(H,29,30)/b17-12+/t18-/m0/s1. The first-order valence-corrected chi connectivity index (χ1v) is 10.0. The van der Waals surface area contributed by atoms with Crippen LogP contribution in [0, 0.1) is 0 Å². The highest BCUT2D eigenvalue weighted by molar-refractivity contribution is 6.05. The molecular weight excluding hydrogens is 428 g/mol. The van der Waals surface area contributed by atoms with Crippen LogP contribution in [0.4, 0.5) is 0 Å². The van der Waals surface area contributed by atoms with Gasteiger partial charge in [-0.3, -0.25) is 9.59 Å².